The largest absolute Gasteiger partial charge is 0.315 e. The number of rotatable bonds is 5. The molecular formula is C13H22N4OS. The van der Waals surface area contributed by atoms with Gasteiger partial charge in [-0.15, -0.1) is 11.3 Å². The molecule has 1 atom stereocenters. The fourth-order valence-electron chi connectivity index (χ4n) is 2.44. The van der Waals surface area contributed by atoms with Gasteiger partial charge in [-0.1, -0.05) is 6.92 Å². The van der Waals surface area contributed by atoms with Gasteiger partial charge in [0.15, 0.2) is 5.13 Å². The molecule has 0 aromatic carbocycles. The summed E-state index contributed by atoms with van der Waals surface area (Å²) < 4.78 is 0. The van der Waals surface area contributed by atoms with Crippen LogP contribution in [0.25, 0.3) is 0 Å². The average molecular weight is 282 g/mol. The smallest absolute Gasteiger partial charge is 0.223 e. The molecule has 0 radical (unpaired) electrons. The number of carbonyl (C=O) groups is 1. The second kappa shape index (κ2) is 6.98. The standard InChI is InChI=1S/C13H22N4OS/c1-3-17(12-5-4-6-14-7-12)8-11-9-19-13(16-11)15-10(2)18/h9,12,14H,3-8H2,1-2H3,(H,15,16,18). The van der Waals surface area contributed by atoms with Gasteiger partial charge in [0.25, 0.3) is 0 Å². The molecule has 6 heteroatoms. The van der Waals surface area contributed by atoms with Crippen LogP contribution in [0.15, 0.2) is 5.38 Å². The van der Waals surface area contributed by atoms with E-state index in [1.54, 1.807) is 0 Å². The van der Waals surface area contributed by atoms with Crippen LogP contribution < -0.4 is 10.6 Å². The van der Waals surface area contributed by atoms with Crippen molar-refractivity contribution in [3.63, 3.8) is 0 Å². The summed E-state index contributed by atoms with van der Waals surface area (Å²) in [7, 11) is 0. The van der Waals surface area contributed by atoms with E-state index in [0.717, 1.165) is 31.9 Å². The van der Waals surface area contributed by atoms with E-state index in [1.165, 1.54) is 31.1 Å². The Hall–Kier alpha value is -0.980. The molecule has 1 saturated heterocycles. The number of carbonyl (C=O) groups excluding carboxylic acids is 1. The van der Waals surface area contributed by atoms with Crippen molar-refractivity contribution in [2.45, 2.75) is 39.3 Å². The molecule has 1 amide bonds. The number of amides is 1. The van der Waals surface area contributed by atoms with Crippen LogP contribution in [0.4, 0.5) is 5.13 Å². The summed E-state index contributed by atoms with van der Waals surface area (Å²) in [5.41, 5.74) is 1.04. The Morgan fingerprint density at radius 1 is 1.68 bits per heavy atom. The monoisotopic (exact) mass is 282 g/mol. The third-order valence-corrected chi connectivity index (χ3v) is 4.20. The van der Waals surface area contributed by atoms with Gasteiger partial charge in [0, 0.05) is 31.4 Å². The summed E-state index contributed by atoms with van der Waals surface area (Å²) in [5, 5.41) is 8.91. The first-order valence-corrected chi connectivity index (χ1v) is 7.73. The highest BCUT2D eigenvalue weighted by Crippen LogP contribution is 2.19. The Morgan fingerprint density at radius 3 is 3.16 bits per heavy atom. The maximum Gasteiger partial charge on any atom is 0.223 e. The number of nitrogens with zero attached hydrogens (tertiary/aromatic N) is 2. The number of hydrogen-bond donors (Lipinski definition) is 2. The quantitative estimate of drug-likeness (QED) is 0.862. The molecule has 1 aromatic heterocycles. The first-order chi connectivity index (χ1) is 9.19. The molecular weight excluding hydrogens is 260 g/mol. The van der Waals surface area contributed by atoms with Crippen molar-refractivity contribution in [1.29, 1.82) is 0 Å². The normalized spacial score (nSPS) is 19.6. The van der Waals surface area contributed by atoms with Gasteiger partial charge in [0.2, 0.25) is 5.91 Å². The minimum Gasteiger partial charge on any atom is -0.315 e. The summed E-state index contributed by atoms with van der Waals surface area (Å²) in [6.07, 6.45) is 2.50. The Kier molecular flexibility index (Phi) is 5.30. The molecule has 1 unspecified atom stereocenters. The van der Waals surface area contributed by atoms with Gasteiger partial charge in [0.1, 0.15) is 0 Å². The fourth-order valence-corrected chi connectivity index (χ4v) is 3.19. The molecule has 0 spiro atoms. The van der Waals surface area contributed by atoms with Crippen LogP contribution in [0, 0.1) is 0 Å². The maximum absolute atomic E-state index is 11.0. The van der Waals surface area contributed by atoms with E-state index >= 15 is 0 Å². The summed E-state index contributed by atoms with van der Waals surface area (Å²) in [5.74, 6) is -0.0651. The zero-order valence-electron chi connectivity index (χ0n) is 11.6. The molecule has 1 aliphatic rings. The predicted octanol–water partition coefficient (Wildman–Crippen LogP) is 1.68. The van der Waals surface area contributed by atoms with Gasteiger partial charge >= 0.3 is 0 Å². The highest BCUT2D eigenvalue weighted by atomic mass is 32.1. The molecule has 5 nitrogen and oxygen atoms in total. The summed E-state index contributed by atoms with van der Waals surface area (Å²) in [4.78, 5) is 17.9. The molecule has 2 rings (SSSR count). The third kappa shape index (κ3) is 4.26. The molecule has 0 saturated carbocycles. The van der Waals surface area contributed by atoms with Crippen LogP contribution in [-0.4, -0.2) is 41.5 Å². The molecule has 1 aromatic rings. The average Bonchev–Trinajstić information content (AvgIpc) is 2.83. The number of thiazole rings is 1. The molecule has 106 valence electrons. The molecule has 0 aliphatic carbocycles. The topological polar surface area (TPSA) is 57.3 Å². The maximum atomic E-state index is 11.0. The van der Waals surface area contributed by atoms with E-state index in [9.17, 15) is 4.79 Å². The zero-order valence-corrected chi connectivity index (χ0v) is 12.4. The Labute approximate surface area is 118 Å². The van der Waals surface area contributed by atoms with E-state index in [2.05, 4.69) is 27.4 Å². The minimum atomic E-state index is -0.0651. The second-order valence-corrected chi connectivity index (χ2v) is 5.75. The molecule has 19 heavy (non-hydrogen) atoms. The third-order valence-electron chi connectivity index (χ3n) is 3.39. The lowest BCUT2D eigenvalue weighted by atomic mass is 10.1. The van der Waals surface area contributed by atoms with Gasteiger partial charge in [-0.2, -0.15) is 0 Å². The molecule has 0 bridgehead atoms. The van der Waals surface area contributed by atoms with Gasteiger partial charge in [-0.3, -0.25) is 9.69 Å². The number of hydrogen-bond acceptors (Lipinski definition) is 5. The van der Waals surface area contributed by atoms with E-state index in [-0.39, 0.29) is 5.91 Å². The lowest BCUT2D eigenvalue weighted by Crippen LogP contribution is -2.45. The molecule has 1 aliphatic heterocycles. The number of aromatic nitrogens is 1. The van der Waals surface area contributed by atoms with Crippen LogP contribution in [0.3, 0.4) is 0 Å². The minimum absolute atomic E-state index is 0.0651. The first kappa shape index (κ1) is 14.4. The summed E-state index contributed by atoms with van der Waals surface area (Å²) in [6.45, 7) is 7.79. The number of anilines is 1. The van der Waals surface area contributed by atoms with Crippen molar-refractivity contribution in [3.8, 4) is 0 Å². The Morgan fingerprint density at radius 2 is 2.53 bits per heavy atom. The number of likely N-dealkylation sites (N-methyl/N-ethyl adjacent to an activating group) is 1. The fraction of sp³-hybridized carbons (Fsp3) is 0.692. The highest BCUT2D eigenvalue weighted by Gasteiger charge is 2.20. The van der Waals surface area contributed by atoms with Crippen LogP contribution >= 0.6 is 11.3 Å². The lowest BCUT2D eigenvalue weighted by molar-refractivity contribution is -0.114. The molecule has 1 fully saturated rings. The van der Waals surface area contributed by atoms with Gasteiger partial charge in [-0.25, -0.2) is 4.98 Å². The predicted molar refractivity (Wildman–Crippen MR) is 78.4 cm³/mol. The Balaban J connectivity index is 1.93. The van der Waals surface area contributed by atoms with E-state index in [4.69, 9.17) is 0 Å². The van der Waals surface area contributed by atoms with E-state index in [0.29, 0.717) is 11.2 Å². The number of nitrogens with one attached hydrogen (secondary N) is 2. The summed E-state index contributed by atoms with van der Waals surface area (Å²) in [6, 6.07) is 0.602. The van der Waals surface area contributed by atoms with Crippen molar-refractivity contribution >= 4 is 22.4 Å². The SMILES string of the molecule is CCN(Cc1csc(NC(C)=O)n1)C1CCCNC1. The van der Waals surface area contributed by atoms with E-state index < -0.39 is 0 Å². The van der Waals surface area contributed by atoms with E-state index in [1.807, 2.05) is 5.38 Å². The van der Waals surface area contributed by atoms with Crippen LogP contribution in [-0.2, 0) is 11.3 Å². The zero-order chi connectivity index (χ0) is 13.7. The van der Waals surface area contributed by atoms with Crippen molar-refractivity contribution in [3.05, 3.63) is 11.1 Å². The summed E-state index contributed by atoms with van der Waals surface area (Å²) >= 11 is 1.49. The molecule has 2 heterocycles. The first-order valence-electron chi connectivity index (χ1n) is 6.85. The van der Waals surface area contributed by atoms with Crippen LogP contribution in [0.2, 0.25) is 0 Å². The Bertz CT molecular complexity index is 415. The van der Waals surface area contributed by atoms with Crippen molar-refractivity contribution in [1.82, 2.24) is 15.2 Å². The van der Waals surface area contributed by atoms with Crippen LogP contribution in [0.5, 0.6) is 0 Å². The van der Waals surface area contributed by atoms with Gasteiger partial charge < -0.3 is 10.6 Å². The van der Waals surface area contributed by atoms with Crippen molar-refractivity contribution in [2.24, 2.45) is 0 Å². The molecule has 2 N–H and O–H groups in total. The second-order valence-electron chi connectivity index (χ2n) is 4.89. The van der Waals surface area contributed by atoms with Crippen molar-refractivity contribution in [2.75, 3.05) is 25.0 Å². The van der Waals surface area contributed by atoms with Crippen LogP contribution in [0.1, 0.15) is 32.4 Å². The van der Waals surface area contributed by atoms with Gasteiger partial charge in [-0.05, 0) is 25.9 Å². The van der Waals surface area contributed by atoms with Gasteiger partial charge in [0.05, 0.1) is 5.69 Å². The lowest BCUT2D eigenvalue weighted by Gasteiger charge is -2.33. The highest BCUT2D eigenvalue weighted by molar-refractivity contribution is 7.13. The van der Waals surface area contributed by atoms with Crippen molar-refractivity contribution < 1.29 is 4.79 Å². The number of piperidine rings is 1.